The molecular formula is C16H26ClN3O. The van der Waals surface area contributed by atoms with Crippen molar-refractivity contribution in [2.75, 3.05) is 6.54 Å². The third-order valence-electron chi connectivity index (χ3n) is 3.83. The fourth-order valence-electron chi connectivity index (χ4n) is 2.17. The number of unbranched alkanes of at least 4 members (excludes halogenated alkanes) is 1. The van der Waals surface area contributed by atoms with Crippen molar-refractivity contribution in [3.63, 3.8) is 0 Å². The number of halogens is 1. The Morgan fingerprint density at radius 1 is 1.43 bits per heavy atom. The molecule has 0 bridgehead atoms. The van der Waals surface area contributed by atoms with E-state index in [1.54, 1.807) is 0 Å². The molecule has 4 N–H and O–H groups in total. The van der Waals surface area contributed by atoms with Crippen LogP contribution >= 0.6 is 11.6 Å². The molecule has 0 saturated heterocycles. The number of nitrogens with one attached hydrogen (secondary N) is 1. The van der Waals surface area contributed by atoms with E-state index in [2.05, 4.69) is 23.5 Å². The van der Waals surface area contributed by atoms with Gasteiger partial charge in [-0.15, -0.1) is 0 Å². The molecule has 0 amide bonds. The smallest absolute Gasteiger partial charge is 0.144 e. The van der Waals surface area contributed by atoms with Gasteiger partial charge in [-0.2, -0.15) is 0 Å². The van der Waals surface area contributed by atoms with Gasteiger partial charge in [0.15, 0.2) is 0 Å². The number of nitrogens with two attached hydrogens (primary N) is 1. The first kappa shape index (κ1) is 17.8. The van der Waals surface area contributed by atoms with Gasteiger partial charge in [0.25, 0.3) is 0 Å². The van der Waals surface area contributed by atoms with Crippen LogP contribution in [0, 0.1) is 5.41 Å². The van der Waals surface area contributed by atoms with Gasteiger partial charge in [-0.3, -0.25) is 0 Å². The van der Waals surface area contributed by atoms with E-state index in [4.69, 9.17) is 22.5 Å². The summed E-state index contributed by atoms with van der Waals surface area (Å²) < 4.78 is 0. The van der Waals surface area contributed by atoms with E-state index in [0.717, 1.165) is 30.8 Å². The van der Waals surface area contributed by atoms with Crippen molar-refractivity contribution in [1.82, 2.24) is 5.32 Å². The average molecular weight is 312 g/mol. The van der Waals surface area contributed by atoms with Crippen LogP contribution in [0.1, 0.15) is 51.6 Å². The zero-order chi connectivity index (χ0) is 15.9. The molecular weight excluding hydrogens is 286 g/mol. The Balaban J connectivity index is 2.29. The van der Waals surface area contributed by atoms with Gasteiger partial charge in [0, 0.05) is 16.5 Å². The maximum atomic E-state index is 8.73. The third kappa shape index (κ3) is 5.94. The van der Waals surface area contributed by atoms with Crippen LogP contribution in [0.4, 0.5) is 0 Å². The summed E-state index contributed by atoms with van der Waals surface area (Å²) in [6.07, 6.45) is 2.97. The topological polar surface area (TPSA) is 70.6 Å². The molecule has 0 radical (unpaired) electrons. The Labute approximate surface area is 132 Å². The van der Waals surface area contributed by atoms with Crippen molar-refractivity contribution in [2.45, 2.75) is 46.1 Å². The highest BCUT2D eigenvalue weighted by Crippen LogP contribution is 2.23. The number of amidine groups is 1. The van der Waals surface area contributed by atoms with Crippen LogP contribution in [-0.2, 0) is 0 Å². The largest absolute Gasteiger partial charge is 0.409 e. The number of benzene rings is 1. The monoisotopic (exact) mass is 311 g/mol. The molecule has 118 valence electrons. The van der Waals surface area contributed by atoms with Crippen molar-refractivity contribution in [3.05, 3.63) is 34.9 Å². The van der Waals surface area contributed by atoms with Gasteiger partial charge >= 0.3 is 0 Å². The van der Waals surface area contributed by atoms with Crippen LogP contribution in [0.25, 0.3) is 0 Å². The first-order chi connectivity index (χ1) is 9.86. The molecule has 1 aromatic carbocycles. The SMILES string of the molecule is C[C@H](NCCCCC(C)(C)/C(N)=N/O)c1cccc(Cl)c1. The lowest BCUT2D eigenvalue weighted by atomic mass is 9.86. The summed E-state index contributed by atoms with van der Waals surface area (Å²) in [5.74, 6) is 0.294. The molecule has 0 aliphatic carbocycles. The van der Waals surface area contributed by atoms with Crippen molar-refractivity contribution in [2.24, 2.45) is 16.3 Å². The Morgan fingerprint density at radius 3 is 2.76 bits per heavy atom. The lowest BCUT2D eigenvalue weighted by molar-refractivity contribution is 0.304. The summed E-state index contributed by atoms with van der Waals surface area (Å²) in [5.41, 5.74) is 6.61. The minimum absolute atomic E-state index is 0.257. The molecule has 4 nitrogen and oxygen atoms in total. The molecule has 0 aliphatic heterocycles. The summed E-state index contributed by atoms with van der Waals surface area (Å²) >= 11 is 6.00. The van der Waals surface area contributed by atoms with Crippen LogP contribution in [0.5, 0.6) is 0 Å². The van der Waals surface area contributed by atoms with E-state index in [9.17, 15) is 0 Å². The van der Waals surface area contributed by atoms with Crippen LogP contribution in [0.15, 0.2) is 29.4 Å². The molecule has 0 unspecified atom stereocenters. The highest BCUT2D eigenvalue weighted by atomic mass is 35.5. The van der Waals surface area contributed by atoms with Gasteiger partial charge in [0.1, 0.15) is 5.84 Å². The molecule has 0 aliphatic rings. The predicted molar refractivity (Wildman–Crippen MR) is 88.9 cm³/mol. The van der Waals surface area contributed by atoms with Gasteiger partial charge in [-0.1, -0.05) is 49.2 Å². The second-order valence-corrected chi connectivity index (χ2v) is 6.49. The van der Waals surface area contributed by atoms with Crippen LogP contribution in [-0.4, -0.2) is 17.6 Å². The Kier molecular flexibility index (Phi) is 6.99. The zero-order valence-electron chi connectivity index (χ0n) is 13.1. The van der Waals surface area contributed by atoms with Gasteiger partial charge in [-0.05, 0) is 44.0 Å². The van der Waals surface area contributed by atoms with Crippen molar-refractivity contribution in [1.29, 1.82) is 0 Å². The van der Waals surface area contributed by atoms with E-state index in [-0.39, 0.29) is 11.5 Å². The number of hydrogen-bond acceptors (Lipinski definition) is 3. The average Bonchev–Trinajstić information content (AvgIpc) is 2.45. The first-order valence-corrected chi connectivity index (χ1v) is 7.71. The van der Waals surface area contributed by atoms with Gasteiger partial charge in [0.2, 0.25) is 0 Å². The van der Waals surface area contributed by atoms with Gasteiger partial charge in [0.05, 0.1) is 0 Å². The minimum atomic E-state index is -0.257. The summed E-state index contributed by atoms with van der Waals surface area (Å²) in [6.45, 7) is 7.04. The highest BCUT2D eigenvalue weighted by molar-refractivity contribution is 6.30. The fourth-order valence-corrected chi connectivity index (χ4v) is 2.37. The molecule has 0 heterocycles. The van der Waals surface area contributed by atoms with Gasteiger partial charge < -0.3 is 16.3 Å². The number of oxime groups is 1. The molecule has 5 heteroatoms. The molecule has 0 saturated carbocycles. The van der Waals surface area contributed by atoms with Crippen molar-refractivity contribution in [3.8, 4) is 0 Å². The number of hydrogen-bond donors (Lipinski definition) is 3. The fraction of sp³-hybridized carbons (Fsp3) is 0.562. The molecule has 1 aromatic rings. The lowest BCUT2D eigenvalue weighted by Gasteiger charge is -2.22. The van der Waals surface area contributed by atoms with Gasteiger partial charge in [-0.25, -0.2) is 0 Å². The molecule has 1 atom stereocenters. The third-order valence-corrected chi connectivity index (χ3v) is 4.06. The van der Waals surface area contributed by atoms with E-state index >= 15 is 0 Å². The Morgan fingerprint density at radius 2 is 2.14 bits per heavy atom. The lowest BCUT2D eigenvalue weighted by Crippen LogP contribution is -2.32. The number of nitrogens with zero attached hydrogens (tertiary/aromatic N) is 1. The summed E-state index contributed by atoms with van der Waals surface area (Å²) in [4.78, 5) is 0. The van der Waals surface area contributed by atoms with Crippen LogP contribution in [0.3, 0.4) is 0 Å². The molecule has 0 spiro atoms. The second kappa shape index (κ2) is 8.25. The zero-order valence-corrected chi connectivity index (χ0v) is 13.8. The second-order valence-electron chi connectivity index (χ2n) is 6.06. The van der Waals surface area contributed by atoms with E-state index in [0.29, 0.717) is 5.84 Å². The van der Waals surface area contributed by atoms with Crippen molar-refractivity contribution >= 4 is 17.4 Å². The molecule has 0 fully saturated rings. The first-order valence-electron chi connectivity index (χ1n) is 7.33. The van der Waals surface area contributed by atoms with Crippen LogP contribution in [0.2, 0.25) is 5.02 Å². The van der Waals surface area contributed by atoms with E-state index in [1.165, 1.54) is 5.56 Å². The summed E-state index contributed by atoms with van der Waals surface area (Å²) in [5, 5.41) is 16.1. The normalized spacial score (nSPS) is 14.2. The molecule has 0 aromatic heterocycles. The van der Waals surface area contributed by atoms with Crippen molar-refractivity contribution < 1.29 is 5.21 Å². The number of rotatable bonds is 8. The minimum Gasteiger partial charge on any atom is -0.409 e. The Hall–Kier alpha value is -1.26. The summed E-state index contributed by atoms with van der Waals surface area (Å²) in [7, 11) is 0. The Bertz CT molecular complexity index is 474. The highest BCUT2D eigenvalue weighted by Gasteiger charge is 2.22. The standard InChI is InChI=1S/C16H26ClN3O/c1-12(13-7-6-8-14(17)11-13)19-10-5-4-9-16(2,3)15(18)20-21/h6-8,11-12,19,21H,4-5,9-10H2,1-3H3,(H2,18,20)/t12-/m0/s1. The maximum absolute atomic E-state index is 8.73. The van der Waals surface area contributed by atoms with Crippen LogP contribution < -0.4 is 11.1 Å². The van der Waals surface area contributed by atoms with E-state index in [1.807, 2.05) is 32.0 Å². The maximum Gasteiger partial charge on any atom is 0.144 e. The predicted octanol–water partition coefficient (Wildman–Crippen LogP) is 3.93. The molecule has 21 heavy (non-hydrogen) atoms. The van der Waals surface area contributed by atoms with E-state index < -0.39 is 0 Å². The molecule has 1 rings (SSSR count). The summed E-state index contributed by atoms with van der Waals surface area (Å²) in [6, 6.07) is 8.19. The quantitative estimate of drug-likeness (QED) is 0.224.